The summed E-state index contributed by atoms with van der Waals surface area (Å²) in [5.41, 5.74) is 1.86. The molecule has 0 unspecified atom stereocenters. The van der Waals surface area contributed by atoms with Gasteiger partial charge in [-0.05, 0) is 18.1 Å². The maximum Gasteiger partial charge on any atom is 0.241 e. The van der Waals surface area contributed by atoms with Crippen molar-refractivity contribution in [2.75, 3.05) is 0 Å². The van der Waals surface area contributed by atoms with Crippen molar-refractivity contribution in [1.82, 2.24) is 15.1 Å². The second-order valence-corrected chi connectivity index (χ2v) is 3.28. The second kappa shape index (κ2) is 4.40. The van der Waals surface area contributed by atoms with E-state index in [9.17, 15) is 0 Å². The van der Waals surface area contributed by atoms with E-state index < -0.39 is 0 Å². The Bertz CT molecular complexity index is 455. The molecule has 0 saturated heterocycles. The Morgan fingerprint density at radius 2 is 2.33 bits per heavy atom. The molecule has 0 spiro atoms. The van der Waals surface area contributed by atoms with Gasteiger partial charge in [-0.15, -0.1) is 11.6 Å². The topological polar surface area (TPSA) is 51.8 Å². The lowest BCUT2D eigenvalue weighted by atomic mass is 10.1. The first-order valence-electron chi connectivity index (χ1n) is 4.68. The summed E-state index contributed by atoms with van der Waals surface area (Å²) in [5, 5.41) is 3.83. The number of hydrogen-bond donors (Lipinski definition) is 0. The van der Waals surface area contributed by atoms with E-state index in [2.05, 4.69) is 22.0 Å². The van der Waals surface area contributed by atoms with Gasteiger partial charge in [0.05, 0.1) is 0 Å². The number of aromatic nitrogens is 3. The standard InChI is InChI=1S/C10H10ClN3O/c1-2-7-4-3-5-12-9(7)10-13-8(6-11)15-14-10/h3-5H,2,6H2,1H3. The highest BCUT2D eigenvalue weighted by atomic mass is 35.5. The van der Waals surface area contributed by atoms with Crippen LogP contribution in [0.25, 0.3) is 11.5 Å². The average Bonchev–Trinajstić information content (AvgIpc) is 2.77. The summed E-state index contributed by atoms with van der Waals surface area (Å²) in [6.07, 6.45) is 2.60. The Labute approximate surface area is 92.3 Å². The minimum absolute atomic E-state index is 0.224. The fourth-order valence-corrected chi connectivity index (χ4v) is 1.44. The number of hydrogen-bond acceptors (Lipinski definition) is 4. The van der Waals surface area contributed by atoms with Gasteiger partial charge in [0.2, 0.25) is 11.7 Å². The van der Waals surface area contributed by atoms with E-state index in [0.29, 0.717) is 11.7 Å². The molecule has 0 fully saturated rings. The maximum atomic E-state index is 5.58. The molecule has 5 heteroatoms. The van der Waals surface area contributed by atoms with Crippen LogP contribution >= 0.6 is 11.6 Å². The van der Waals surface area contributed by atoms with E-state index >= 15 is 0 Å². The number of halogens is 1. The van der Waals surface area contributed by atoms with Crippen LogP contribution in [0, 0.1) is 0 Å². The number of nitrogens with zero attached hydrogens (tertiary/aromatic N) is 3. The predicted octanol–water partition coefficient (Wildman–Crippen LogP) is 2.43. The SMILES string of the molecule is CCc1cccnc1-c1noc(CCl)n1. The molecule has 2 aromatic rings. The molecular weight excluding hydrogens is 214 g/mol. The number of rotatable bonds is 3. The van der Waals surface area contributed by atoms with Crippen molar-refractivity contribution in [3.63, 3.8) is 0 Å². The molecule has 2 heterocycles. The quantitative estimate of drug-likeness (QED) is 0.750. The smallest absolute Gasteiger partial charge is 0.241 e. The van der Waals surface area contributed by atoms with Crippen LogP contribution in [0.3, 0.4) is 0 Å². The fraction of sp³-hybridized carbons (Fsp3) is 0.300. The highest BCUT2D eigenvalue weighted by Crippen LogP contribution is 2.18. The largest absolute Gasteiger partial charge is 0.338 e. The molecule has 0 aliphatic rings. The average molecular weight is 224 g/mol. The Hall–Kier alpha value is -1.42. The van der Waals surface area contributed by atoms with Crippen LogP contribution < -0.4 is 0 Å². The summed E-state index contributed by atoms with van der Waals surface area (Å²) in [4.78, 5) is 8.37. The summed E-state index contributed by atoms with van der Waals surface area (Å²) in [6.45, 7) is 2.06. The normalized spacial score (nSPS) is 10.5. The Morgan fingerprint density at radius 1 is 1.47 bits per heavy atom. The molecule has 0 radical (unpaired) electrons. The monoisotopic (exact) mass is 223 g/mol. The van der Waals surface area contributed by atoms with Crippen LogP contribution in [-0.4, -0.2) is 15.1 Å². The molecule has 0 atom stereocenters. The lowest BCUT2D eigenvalue weighted by Crippen LogP contribution is -1.92. The zero-order valence-corrected chi connectivity index (χ0v) is 9.03. The molecule has 0 amide bonds. The molecular formula is C10H10ClN3O. The van der Waals surface area contributed by atoms with Gasteiger partial charge in [0, 0.05) is 6.20 Å². The lowest BCUT2D eigenvalue weighted by Gasteiger charge is -2.00. The Balaban J connectivity index is 2.44. The molecule has 0 N–H and O–H groups in total. The van der Waals surface area contributed by atoms with Crippen molar-refractivity contribution >= 4 is 11.6 Å². The maximum absolute atomic E-state index is 5.58. The predicted molar refractivity (Wildman–Crippen MR) is 56.5 cm³/mol. The first-order chi connectivity index (χ1) is 7.35. The van der Waals surface area contributed by atoms with E-state index in [1.807, 2.05) is 12.1 Å². The summed E-state index contributed by atoms with van der Waals surface area (Å²) in [5.74, 6) is 1.14. The van der Waals surface area contributed by atoms with E-state index in [0.717, 1.165) is 17.7 Å². The van der Waals surface area contributed by atoms with Gasteiger partial charge in [-0.3, -0.25) is 4.98 Å². The van der Waals surface area contributed by atoms with Gasteiger partial charge in [0.1, 0.15) is 11.6 Å². The highest BCUT2D eigenvalue weighted by molar-refractivity contribution is 6.16. The van der Waals surface area contributed by atoms with Crippen LogP contribution in [0.1, 0.15) is 18.4 Å². The van der Waals surface area contributed by atoms with Gasteiger partial charge in [-0.2, -0.15) is 4.98 Å². The van der Waals surface area contributed by atoms with Gasteiger partial charge in [0.25, 0.3) is 0 Å². The van der Waals surface area contributed by atoms with Gasteiger partial charge in [0.15, 0.2) is 0 Å². The number of alkyl halides is 1. The van der Waals surface area contributed by atoms with E-state index in [4.69, 9.17) is 16.1 Å². The minimum Gasteiger partial charge on any atom is -0.338 e. The van der Waals surface area contributed by atoms with Crippen LogP contribution in [0.5, 0.6) is 0 Å². The molecule has 0 aliphatic carbocycles. The highest BCUT2D eigenvalue weighted by Gasteiger charge is 2.11. The zero-order valence-electron chi connectivity index (χ0n) is 8.27. The fourth-order valence-electron chi connectivity index (χ4n) is 1.33. The third-order valence-corrected chi connectivity index (χ3v) is 2.30. The molecule has 4 nitrogen and oxygen atoms in total. The summed E-state index contributed by atoms with van der Waals surface area (Å²) in [6, 6.07) is 3.89. The van der Waals surface area contributed by atoms with Crippen molar-refractivity contribution in [1.29, 1.82) is 0 Å². The number of aryl methyl sites for hydroxylation is 1. The third kappa shape index (κ3) is 1.99. The van der Waals surface area contributed by atoms with Crippen molar-refractivity contribution in [3.8, 4) is 11.5 Å². The summed E-state index contributed by atoms with van der Waals surface area (Å²) < 4.78 is 4.93. The molecule has 0 aromatic carbocycles. The second-order valence-electron chi connectivity index (χ2n) is 3.01. The van der Waals surface area contributed by atoms with Crippen LogP contribution in [-0.2, 0) is 12.3 Å². The van der Waals surface area contributed by atoms with Gasteiger partial charge in [-0.25, -0.2) is 0 Å². The van der Waals surface area contributed by atoms with Gasteiger partial charge >= 0.3 is 0 Å². The van der Waals surface area contributed by atoms with E-state index in [1.54, 1.807) is 6.20 Å². The number of pyridine rings is 1. The van der Waals surface area contributed by atoms with Gasteiger partial charge in [-0.1, -0.05) is 18.1 Å². The Morgan fingerprint density at radius 3 is 3.00 bits per heavy atom. The molecule has 0 bridgehead atoms. The first-order valence-corrected chi connectivity index (χ1v) is 5.21. The van der Waals surface area contributed by atoms with E-state index in [-0.39, 0.29) is 5.88 Å². The van der Waals surface area contributed by atoms with Crippen LogP contribution in [0.2, 0.25) is 0 Å². The summed E-state index contributed by atoms with van der Waals surface area (Å²) in [7, 11) is 0. The van der Waals surface area contributed by atoms with Crippen molar-refractivity contribution in [2.45, 2.75) is 19.2 Å². The molecule has 15 heavy (non-hydrogen) atoms. The van der Waals surface area contributed by atoms with Crippen LogP contribution in [0.15, 0.2) is 22.9 Å². The van der Waals surface area contributed by atoms with Crippen molar-refractivity contribution in [2.24, 2.45) is 0 Å². The van der Waals surface area contributed by atoms with Crippen LogP contribution in [0.4, 0.5) is 0 Å². The third-order valence-electron chi connectivity index (χ3n) is 2.07. The molecule has 78 valence electrons. The molecule has 2 aromatic heterocycles. The lowest BCUT2D eigenvalue weighted by molar-refractivity contribution is 0.391. The van der Waals surface area contributed by atoms with Gasteiger partial charge < -0.3 is 4.52 Å². The van der Waals surface area contributed by atoms with Crippen molar-refractivity contribution < 1.29 is 4.52 Å². The molecule has 0 saturated carbocycles. The zero-order chi connectivity index (χ0) is 10.7. The first kappa shape index (κ1) is 10.1. The van der Waals surface area contributed by atoms with Crippen molar-refractivity contribution in [3.05, 3.63) is 29.8 Å². The minimum atomic E-state index is 0.224. The molecule has 0 aliphatic heterocycles. The summed E-state index contributed by atoms with van der Waals surface area (Å²) >= 11 is 5.58. The Kier molecular flexibility index (Phi) is 2.97. The van der Waals surface area contributed by atoms with E-state index in [1.165, 1.54) is 0 Å². The molecule has 2 rings (SSSR count).